The fourth-order valence-electron chi connectivity index (χ4n) is 1.80. The molecule has 0 aliphatic rings. The molecule has 0 aromatic heterocycles. The molecule has 0 spiro atoms. The minimum absolute atomic E-state index is 0.244. The maximum Gasteiger partial charge on any atom is 0.308 e. The lowest BCUT2D eigenvalue weighted by atomic mass is 9.96. The van der Waals surface area contributed by atoms with Gasteiger partial charge in [0.2, 0.25) is 0 Å². The van der Waals surface area contributed by atoms with Crippen LogP contribution in [0, 0.1) is 6.92 Å². The van der Waals surface area contributed by atoms with E-state index in [9.17, 15) is 15.0 Å². The number of hydrogen-bond acceptors (Lipinski definition) is 5. The Balaban J connectivity index is 2.80. The zero-order valence-corrected chi connectivity index (χ0v) is 10.6. The number of carbonyl (C=O) groups excluding carboxylic acids is 1. The van der Waals surface area contributed by atoms with Crippen LogP contribution in [0.15, 0.2) is 18.2 Å². The molecule has 0 radical (unpaired) electrons. The Morgan fingerprint density at radius 1 is 1.44 bits per heavy atom. The molecule has 0 saturated heterocycles. The molecule has 0 fully saturated rings. The van der Waals surface area contributed by atoms with Gasteiger partial charge in [-0.1, -0.05) is 12.1 Å². The average Bonchev–Trinajstić information content (AvgIpc) is 2.28. The van der Waals surface area contributed by atoms with Crippen molar-refractivity contribution in [2.45, 2.75) is 32.5 Å². The van der Waals surface area contributed by atoms with Gasteiger partial charge in [-0.15, -0.1) is 0 Å². The smallest absolute Gasteiger partial charge is 0.308 e. The summed E-state index contributed by atoms with van der Waals surface area (Å²) < 4.78 is 4.72. The number of carbonyl (C=O) groups is 1. The average molecular weight is 253 g/mol. The van der Waals surface area contributed by atoms with Crippen LogP contribution in [0.1, 0.15) is 30.6 Å². The first-order chi connectivity index (χ1) is 8.47. The van der Waals surface area contributed by atoms with Gasteiger partial charge in [0.05, 0.1) is 19.1 Å². The summed E-state index contributed by atoms with van der Waals surface area (Å²) in [5, 5.41) is 19.8. The zero-order chi connectivity index (χ0) is 13.7. The molecule has 2 atom stereocenters. The number of esters is 1. The van der Waals surface area contributed by atoms with Crippen LogP contribution in [-0.2, 0) is 9.53 Å². The van der Waals surface area contributed by atoms with Gasteiger partial charge in [0, 0.05) is 11.3 Å². The van der Waals surface area contributed by atoms with Crippen LogP contribution >= 0.6 is 0 Å². The first kappa shape index (κ1) is 14.5. The van der Waals surface area contributed by atoms with Crippen molar-refractivity contribution in [2.75, 3.05) is 12.3 Å². The van der Waals surface area contributed by atoms with Crippen LogP contribution in [0.25, 0.3) is 0 Å². The highest BCUT2D eigenvalue weighted by atomic mass is 16.5. The molecule has 1 aromatic rings. The Kier molecular flexibility index (Phi) is 5.12. The number of aliphatic hydroxyl groups is 2. The van der Waals surface area contributed by atoms with Gasteiger partial charge >= 0.3 is 5.97 Å². The maximum absolute atomic E-state index is 11.2. The van der Waals surface area contributed by atoms with Crippen molar-refractivity contribution in [1.29, 1.82) is 0 Å². The van der Waals surface area contributed by atoms with Gasteiger partial charge in [-0.3, -0.25) is 4.79 Å². The summed E-state index contributed by atoms with van der Waals surface area (Å²) in [4.78, 5) is 11.2. The topological polar surface area (TPSA) is 92.8 Å². The van der Waals surface area contributed by atoms with Crippen LogP contribution in [0.2, 0.25) is 0 Å². The van der Waals surface area contributed by atoms with Gasteiger partial charge < -0.3 is 20.7 Å². The number of anilines is 1. The number of hydrogen-bond donors (Lipinski definition) is 3. The molecule has 18 heavy (non-hydrogen) atoms. The second kappa shape index (κ2) is 6.37. The number of ether oxygens (including phenoxy) is 1. The van der Waals surface area contributed by atoms with Gasteiger partial charge in [-0.2, -0.15) is 0 Å². The van der Waals surface area contributed by atoms with Crippen molar-refractivity contribution < 1.29 is 19.7 Å². The van der Waals surface area contributed by atoms with E-state index in [-0.39, 0.29) is 13.0 Å². The SMILES string of the molecule is CCOC(=O)CC(O)C(O)c1c(C)cccc1N. The fraction of sp³-hybridized carbons (Fsp3) is 0.462. The highest BCUT2D eigenvalue weighted by Gasteiger charge is 2.24. The Morgan fingerprint density at radius 2 is 2.11 bits per heavy atom. The number of nitrogen functional groups attached to an aromatic ring is 1. The van der Waals surface area contributed by atoms with Gasteiger partial charge in [0.25, 0.3) is 0 Å². The van der Waals surface area contributed by atoms with Crippen LogP contribution in [-0.4, -0.2) is 28.9 Å². The van der Waals surface area contributed by atoms with Gasteiger partial charge in [0.15, 0.2) is 0 Å². The molecule has 100 valence electrons. The lowest BCUT2D eigenvalue weighted by molar-refractivity contribution is -0.147. The molecular weight excluding hydrogens is 234 g/mol. The molecule has 5 nitrogen and oxygen atoms in total. The summed E-state index contributed by atoms with van der Waals surface area (Å²) in [6, 6.07) is 5.19. The second-order valence-electron chi connectivity index (χ2n) is 4.10. The molecule has 0 bridgehead atoms. The van der Waals surface area contributed by atoms with E-state index in [1.165, 1.54) is 0 Å². The minimum atomic E-state index is -1.23. The largest absolute Gasteiger partial charge is 0.466 e. The molecule has 0 amide bonds. The van der Waals surface area contributed by atoms with Crippen LogP contribution in [0.3, 0.4) is 0 Å². The normalized spacial score (nSPS) is 14.0. The van der Waals surface area contributed by atoms with E-state index < -0.39 is 18.2 Å². The molecule has 1 rings (SSSR count). The quantitative estimate of drug-likeness (QED) is 0.536. The van der Waals surface area contributed by atoms with Crippen molar-refractivity contribution in [3.63, 3.8) is 0 Å². The Hall–Kier alpha value is -1.59. The standard InChI is InChI=1S/C13H19NO4/c1-3-18-11(16)7-10(15)13(17)12-8(2)5-4-6-9(12)14/h4-6,10,13,15,17H,3,7,14H2,1-2H3. The van der Waals surface area contributed by atoms with E-state index in [2.05, 4.69) is 0 Å². The third-order valence-electron chi connectivity index (χ3n) is 2.70. The second-order valence-corrected chi connectivity index (χ2v) is 4.10. The van der Waals surface area contributed by atoms with E-state index in [1.54, 1.807) is 32.0 Å². The molecule has 0 aliphatic carbocycles. The Labute approximate surface area is 106 Å². The van der Waals surface area contributed by atoms with Crippen molar-refractivity contribution in [1.82, 2.24) is 0 Å². The highest BCUT2D eigenvalue weighted by Crippen LogP contribution is 2.27. The molecule has 4 N–H and O–H groups in total. The van der Waals surface area contributed by atoms with Crippen LogP contribution in [0.5, 0.6) is 0 Å². The Bertz CT molecular complexity index is 399. The summed E-state index contributed by atoms with van der Waals surface area (Å²) in [5.41, 5.74) is 7.38. The van der Waals surface area contributed by atoms with Gasteiger partial charge in [0.1, 0.15) is 6.10 Å². The maximum atomic E-state index is 11.2. The van der Waals surface area contributed by atoms with E-state index in [4.69, 9.17) is 10.5 Å². The summed E-state index contributed by atoms with van der Waals surface area (Å²) in [7, 11) is 0. The molecule has 0 saturated carbocycles. The lowest BCUT2D eigenvalue weighted by Crippen LogP contribution is -2.24. The van der Waals surface area contributed by atoms with E-state index in [1.807, 2.05) is 0 Å². The van der Waals surface area contributed by atoms with Gasteiger partial charge in [-0.25, -0.2) is 0 Å². The van der Waals surface area contributed by atoms with E-state index in [0.717, 1.165) is 5.56 Å². The molecular formula is C13H19NO4. The molecule has 2 unspecified atom stereocenters. The summed E-state index contributed by atoms with van der Waals surface area (Å²) in [5.74, 6) is -0.545. The first-order valence-electron chi connectivity index (χ1n) is 5.84. The van der Waals surface area contributed by atoms with Gasteiger partial charge in [-0.05, 0) is 25.5 Å². The van der Waals surface area contributed by atoms with Crippen molar-refractivity contribution in [3.8, 4) is 0 Å². The van der Waals surface area contributed by atoms with E-state index in [0.29, 0.717) is 11.3 Å². The van der Waals surface area contributed by atoms with E-state index >= 15 is 0 Å². The third-order valence-corrected chi connectivity index (χ3v) is 2.70. The summed E-state index contributed by atoms with van der Waals surface area (Å²) >= 11 is 0. The number of aryl methyl sites for hydroxylation is 1. The Morgan fingerprint density at radius 3 is 2.67 bits per heavy atom. The molecule has 5 heteroatoms. The minimum Gasteiger partial charge on any atom is -0.466 e. The predicted molar refractivity (Wildman–Crippen MR) is 67.8 cm³/mol. The van der Waals surface area contributed by atoms with Crippen molar-refractivity contribution >= 4 is 11.7 Å². The number of rotatable bonds is 5. The summed E-state index contributed by atoms with van der Waals surface area (Å²) in [6.07, 6.45) is -2.69. The monoisotopic (exact) mass is 253 g/mol. The summed E-state index contributed by atoms with van der Waals surface area (Å²) in [6.45, 7) is 3.71. The highest BCUT2D eigenvalue weighted by molar-refractivity contribution is 5.70. The predicted octanol–water partition coefficient (Wildman–Crippen LogP) is 0.925. The molecule has 0 aliphatic heterocycles. The number of aliphatic hydroxyl groups excluding tert-OH is 2. The first-order valence-corrected chi connectivity index (χ1v) is 5.84. The fourth-order valence-corrected chi connectivity index (χ4v) is 1.80. The lowest BCUT2D eigenvalue weighted by Gasteiger charge is -2.20. The van der Waals surface area contributed by atoms with Crippen molar-refractivity contribution in [3.05, 3.63) is 29.3 Å². The third kappa shape index (κ3) is 3.45. The number of nitrogens with two attached hydrogens (primary N) is 1. The van der Waals surface area contributed by atoms with Crippen molar-refractivity contribution in [2.24, 2.45) is 0 Å². The number of benzene rings is 1. The zero-order valence-electron chi connectivity index (χ0n) is 10.6. The van der Waals surface area contributed by atoms with Crippen LogP contribution in [0.4, 0.5) is 5.69 Å². The molecule has 0 heterocycles. The van der Waals surface area contributed by atoms with Crippen LogP contribution < -0.4 is 5.73 Å². The molecule has 1 aromatic carbocycles.